The Labute approximate surface area is 174 Å². The zero-order chi connectivity index (χ0) is 21.8. The minimum absolute atomic E-state index is 0.0905. The Morgan fingerprint density at radius 1 is 1.03 bits per heavy atom. The maximum Gasteiger partial charge on any atom is 0.293 e. The highest BCUT2D eigenvalue weighted by atomic mass is 32.1. The van der Waals surface area contributed by atoms with E-state index in [0.717, 1.165) is 0 Å². The molecule has 3 rings (SSSR count). The molecule has 0 radical (unpaired) electrons. The zero-order valence-electron chi connectivity index (χ0n) is 15.4. The number of nitro groups is 2. The average molecular weight is 426 g/mol. The molecular formula is C19H14N4O6S. The van der Waals surface area contributed by atoms with E-state index in [1.807, 2.05) is 0 Å². The number of carbonyl (C=O) groups excluding carboxylic acids is 1. The molecule has 152 valence electrons. The molecule has 3 aromatic rings. The van der Waals surface area contributed by atoms with Gasteiger partial charge in [0.2, 0.25) is 0 Å². The number of nitrogens with one attached hydrogen (secondary N) is 2. The summed E-state index contributed by atoms with van der Waals surface area (Å²) in [5, 5.41) is 27.1. The van der Waals surface area contributed by atoms with Crippen molar-refractivity contribution >= 4 is 40.3 Å². The lowest BCUT2D eigenvalue weighted by molar-refractivity contribution is -0.384. The number of hydrogen-bond acceptors (Lipinski definition) is 7. The molecule has 0 saturated heterocycles. The monoisotopic (exact) mass is 426 g/mol. The van der Waals surface area contributed by atoms with Crippen LogP contribution in [0.4, 0.5) is 17.1 Å². The summed E-state index contributed by atoms with van der Waals surface area (Å²) in [6.45, 7) is 1.72. The van der Waals surface area contributed by atoms with Gasteiger partial charge in [-0.2, -0.15) is 0 Å². The smallest absolute Gasteiger partial charge is 0.293 e. The molecule has 11 heteroatoms. The van der Waals surface area contributed by atoms with E-state index in [9.17, 15) is 25.0 Å². The van der Waals surface area contributed by atoms with Crippen molar-refractivity contribution in [3.8, 4) is 11.3 Å². The molecule has 1 aromatic heterocycles. The highest BCUT2D eigenvalue weighted by molar-refractivity contribution is 7.80. The second kappa shape index (κ2) is 8.49. The van der Waals surface area contributed by atoms with Crippen molar-refractivity contribution in [1.82, 2.24) is 5.32 Å². The number of aryl methyl sites for hydroxylation is 1. The average Bonchev–Trinajstić information content (AvgIpc) is 3.19. The van der Waals surface area contributed by atoms with Gasteiger partial charge < -0.3 is 9.73 Å². The molecule has 0 aliphatic carbocycles. The molecule has 1 heterocycles. The molecular weight excluding hydrogens is 412 g/mol. The molecule has 10 nitrogen and oxygen atoms in total. The summed E-state index contributed by atoms with van der Waals surface area (Å²) in [4.78, 5) is 33.4. The van der Waals surface area contributed by atoms with Crippen LogP contribution in [0.15, 0.2) is 59.0 Å². The molecule has 0 spiro atoms. The van der Waals surface area contributed by atoms with Gasteiger partial charge in [-0.3, -0.25) is 30.3 Å². The summed E-state index contributed by atoms with van der Waals surface area (Å²) in [6, 6.07) is 13.0. The van der Waals surface area contributed by atoms with Gasteiger partial charge in [-0.15, -0.1) is 0 Å². The van der Waals surface area contributed by atoms with Gasteiger partial charge in [0.05, 0.1) is 15.4 Å². The molecule has 0 aliphatic rings. The zero-order valence-corrected chi connectivity index (χ0v) is 16.3. The van der Waals surface area contributed by atoms with E-state index < -0.39 is 15.8 Å². The van der Waals surface area contributed by atoms with Gasteiger partial charge in [0.1, 0.15) is 5.76 Å². The topological polar surface area (TPSA) is 141 Å². The lowest BCUT2D eigenvalue weighted by Gasteiger charge is -2.10. The number of rotatable bonds is 5. The Hall–Kier alpha value is -4.12. The Kier molecular flexibility index (Phi) is 5.83. The number of hydrogen-bond donors (Lipinski definition) is 2. The Morgan fingerprint density at radius 3 is 2.47 bits per heavy atom. The number of amides is 1. The fraction of sp³-hybridized carbons (Fsp3) is 0.0526. The van der Waals surface area contributed by atoms with Crippen LogP contribution in [0.1, 0.15) is 16.1 Å². The summed E-state index contributed by atoms with van der Waals surface area (Å²) in [5.41, 5.74) is 1.01. The number of thiocarbonyl (C=S) groups is 1. The SMILES string of the molecule is Cc1ccc([N+](=O)[O-])cc1NC(=S)NC(=O)c1ccc(-c2ccccc2[N+](=O)[O-])o1. The Morgan fingerprint density at radius 2 is 1.77 bits per heavy atom. The molecule has 30 heavy (non-hydrogen) atoms. The van der Waals surface area contributed by atoms with Gasteiger partial charge in [0, 0.05) is 23.9 Å². The predicted octanol–water partition coefficient (Wildman–Crippen LogP) is 4.20. The van der Waals surface area contributed by atoms with Crippen LogP contribution in [0, 0.1) is 27.2 Å². The Bertz CT molecular complexity index is 1170. The first-order chi connectivity index (χ1) is 14.3. The lowest BCUT2D eigenvalue weighted by Crippen LogP contribution is -2.34. The van der Waals surface area contributed by atoms with Crippen LogP contribution in [0.25, 0.3) is 11.3 Å². The van der Waals surface area contributed by atoms with E-state index >= 15 is 0 Å². The minimum Gasteiger partial charge on any atom is -0.451 e. The van der Waals surface area contributed by atoms with Crippen LogP contribution in [0.2, 0.25) is 0 Å². The normalized spacial score (nSPS) is 10.3. The van der Waals surface area contributed by atoms with Gasteiger partial charge in [0.25, 0.3) is 17.3 Å². The standard InChI is InChI=1S/C19H14N4O6S/c1-11-6-7-12(22(25)26)10-14(11)20-19(30)21-18(24)17-9-8-16(29-17)13-4-2-3-5-15(13)23(27)28/h2-10H,1H3,(H2,20,21,24,30). The third-order valence-electron chi connectivity index (χ3n) is 4.10. The summed E-state index contributed by atoms with van der Waals surface area (Å²) in [7, 11) is 0. The minimum atomic E-state index is -0.680. The number of nitrogens with zero attached hydrogens (tertiary/aromatic N) is 2. The molecule has 0 atom stereocenters. The second-order valence-electron chi connectivity index (χ2n) is 6.10. The van der Waals surface area contributed by atoms with Crippen molar-refractivity contribution in [3.63, 3.8) is 0 Å². The summed E-state index contributed by atoms with van der Waals surface area (Å²) < 4.78 is 5.45. The van der Waals surface area contributed by atoms with Crippen molar-refractivity contribution < 1.29 is 19.1 Å². The largest absolute Gasteiger partial charge is 0.451 e. The number of carbonyl (C=O) groups is 1. The highest BCUT2D eigenvalue weighted by Crippen LogP contribution is 2.30. The highest BCUT2D eigenvalue weighted by Gasteiger charge is 2.20. The van der Waals surface area contributed by atoms with Crippen LogP contribution in [-0.2, 0) is 0 Å². The van der Waals surface area contributed by atoms with E-state index in [1.54, 1.807) is 19.1 Å². The number of benzene rings is 2. The van der Waals surface area contributed by atoms with Crippen molar-refractivity contribution in [2.45, 2.75) is 6.92 Å². The molecule has 2 aromatic carbocycles. The van der Waals surface area contributed by atoms with E-state index in [-0.39, 0.29) is 33.6 Å². The van der Waals surface area contributed by atoms with Gasteiger partial charge in [0.15, 0.2) is 10.9 Å². The van der Waals surface area contributed by atoms with Crippen molar-refractivity contribution in [3.05, 3.63) is 86.1 Å². The molecule has 0 fully saturated rings. The molecule has 0 bridgehead atoms. The lowest BCUT2D eigenvalue weighted by atomic mass is 10.1. The second-order valence-corrected chi connectivity index (χ2v) is 6.51. The summed E-state index contributed by atoms with van der Waals surface area (Å²) in [6.07, 6.45) is 0. The van der Waals surface area contributed by atoms with Gasteiger partial charge >= 0.3 is 0 Å². The third-order valence-corrected chi connectivity index (χ3v) is 4.31. The molecule has 0 saturated carbocycles. The molecule has 0 aliphatic heterocycles. The van der Waals surface area contributed by atoms with Crippen molar-refractivity contribution in [2.24, 2.45) is 0 Å². The molecule has 2 N–H and O–H groups in total. The number of para-hydroxylation sites is 1. The first kappa shape index (κ1) is 20.6. The van der Waals surface area contributed by atoms with Crippen LogP contribution < -0.4 is 10.6 Å². The molecule has 0 unspecified atom stereocenters. The number of furan rings is 1. The third kappa shape index (κ3) is 4.47. The van der Waals surface area contributed by atoms with Crippen LogP contribution in [0.5, 0.6) is 0 Å². The number of anilines is 1. The van der Waals surface area contributed by atoms with E-state index in [0.29, 0.717) is 11.3 Å². The Balaban J connectivity index is 1.74. The summed E-state index contributed by atoms with van der Waals surface area (Å²) in [5.74, 6) is -0.635. The first-order valence-corrected chi connectivity index (χ1v) is 8.88. The maximum atomic E-state index is 12.4. The van der Waals surface area contributed by atoms with E-state index in [2.05, 4.69) is 10.6 Å². The first-order valence-electron chi connectivity index (χ1n) is 8.47. The van der Waals surface area contributed by atoms with E-state index in [4.69, 9.17) is 16.6 Å². The van der Waals surface area contributed by atoms with Crippen LogP contribution in [-0.4, -0.2) is 20.9 Å². The van der Waals surface area contributed by atoms with Crippen molar-refractivity contribution in [1.29, 1.82) is 0 Å². The number of non-ortho nitro benzene ring substituents is 1. The maximum absolute atomic E-state index is 12.4. The van der Waals surface area contributed by atoms with Crippen LogP contribution >= 0.6 is 12.2 Å². The van der Waals surface area contributed by atoms with Gasteiger partial charge in [-0.05, 0) is 42.9 Å². The van der Waals surface area contributed by atoms with Gasteiger partial charge in [-0.1, -0.05) is 18.2 Å². The van der Waals surface area contributed by atoms with Crippen molar-refractivity contribution in [2.75, 3.05) is 5.32 Å². The van der Waals surface area contributed by atoms with Crippen LogP contribution in [0.3, 0.4) is 0 Å². The fourth-order valence-corrected chi connectivity index (χ4v) is 2.83. The summed E-state index contributed by atoms with van der Waals surface area (Å²) >= 11 is 5.09. The quantitative estimate of drug-likeness (QED) is 0.351. The fourth-order valence-electron chi connectivity index (χ4n) is 2.62. The number of nitro benzene ring substituents is 2. The predicted molar refractivity (Wildman–Crippen MR) is 112 cm³/mol. The van der Waals surface area contributed by atoms with Gasteiger partial charge in [-0.25, -0.2) is 0 Å². The van der Waals surface area contributed by atoms with E-state index in [1.165, 1.54) is 42.5 Å². The molecule has 1 amide bonds.